The molecule has 0 aromatic heterocycles. The van der Waals surface area contributed by atoms with Crippen molar-refractivity contribution in [1.29, 1.82) is 0 Å². The van der Waals surface area contributed by atoms with E-state index in [0.29, 0.717) is 0 Å². The standard InChI is InChI=1S/8CH4.4V/h8*1H4;;;;. The van der Waals surface area contributed by atoms with Crippen LogP contribution in [-0.4, -0.2) is 0 Å². The fourth-order valence-electron chi connectivity index (χ4n) is 0. The zero-order valence-electron chi connectivity index (χ0n) is 1.79. The molecule has 0 heterocycles. The van der Waals surface area contributed by atoms with E-state index in [-0.39, 0.29) is 134 Å². The topological polar surface area (TPSA) is 0 Å². The van der Waals surface area contributed by atoms with E-state index in [0.717, 1.165) is 0 Å². The van der Waals surface area contributed by atoms with E-state index in [1.54, 1.807) is 0 Å². The fourth-order valence-corrected chi connectivity index (χ4v) is 0. The van der Waals surface area contributed by atoms with Crippen molar-refractivity contribution in [1.82, 2.24) is 0 Å². The Labute approximate surface area is 132 Å². The van der Waals surface area contributed by atoms with E-state index >= 15 is 0 Å². The van der Waals surface area contributed by atoms with E-state index in [1.165, 1.54) is 0 Å². The molecule has 0 N–H and O–H groups in total. The maximum Gasteiger partial charge on any atom is 0 e. The van der Waals surface area contributed by atoms with Gasteiger partial charge in [0.1, 0.15) is 0 Å². The second-order valence-corrected chi connectivity index (χ2v) is 0. The summed E-state index contributed by atoms with van der Waals surface area (Å²) in [5, 5.41) is 0. The van der Waals surface area contributed by atoms with Gasteiger partial charge in [-0.15, -0.1) is 0 Å². The van der Waals surface area contributed by atoms with Crippen LogP contribution < -0.4 is 0 Å². The molecule has 0 aliphatic rings. The van der Waals surface area contributed by atoms with E-state index in [1.807, 2.05) is 0 Å². The van der Waals surface area contributed by atoms with Gasteiger partial charge in [-0.1, -0.05) is 59.4 Å². The molecule has 0 fully saturated rings. The zero-order chi connectivity index (χ0) is 0. The van der Waals surface area contributed by atoms with Crippen molar-refractivity contribution < 1.29 is 74.2 Å². The molecule has 4 heteroatoms. The van der Waals surface area contributed by atoms with Crippen LogP contribution in [0, 0.1) is 0 Å². The molecule has 0 saturated carbocycles. The predicted octanol–water partition coefficient (Wildman–Crippen LogP) is 5.08. The molecule has 0 spiro atoms. The van der Waals surface area contributed by atoms with Crippen molar-refractivity contribution in [2.24, 2.45) is 0 Å². The Bertz CT molecular complexity index is 11.0. The Balaban J connectivity index is 0. The maximum absolute atomic E-state index is 0. The summed E-state index contributed by atoms with van der Waals surface area (Å²) in [6.45, 7) is 0. The minimum absolute atomic E-state index is 0. The Morgan fingerprint density at radius 1 is 0.167 bits per heavy atom. The smallest absolute Gasteiger partial charge is 0 e. The van der Waals surface area contributed by atoms with Crippen LogP contribution in [-0.2, 0) is 74.2 Å². The van der Waals surface area contributed by atoms with Crippen molar-refractivity contribution in [3.8, 4) is 0 Å². The first-order chi connectivity index (χ1) is 0. The van der Waals surface area contributed by atoms with Crippen LogP contribution in [0.1, 0.15) is 59.4 Å². The summed E-state index contributed by atoms with van der Waals surface area (Å²) in [7, 11) is 0. The Kier molecular flexibility index (Phi) is 14500. The average Bonchev–Trinajstić information content (AvgIpc) is 0. The molecule has 0 nitrogen and oxygen atoms in total. The number of hydrogen-bond acceptors (Lipinski definition) is 0. The third kappa shape index (κ3) is 290. The second kappa shape index (κ2) is 372. The van der Waals surface area contributed by atoms with Crippen LogP contribution in [0.5, 0.6) is 0 Å². The summed E-state index contributed by atoms with van der Waals surface area (Å²) in [5.41, 5.74) is 0. The van der Waals surface area contributed by atoms with Gasteiger partial charge in [0.15, 0.2) is 0 Å². The molecule has 4 radical (unpaired) electrons. The average molecular weight is 332 g/mol. The zero-order valence-corrected chi connectivity index (χ0v) is 7.38. The number of hydrogen-bond donors (Lipinski definition) is 0. The largest absolute Gasteiger partial charge is 0.0776 e. The van der Waals surface area contributed by atoms with Gasteiger partial charge in [-0.25, -0.2) is 0 Å². The first-order valence-corrected chi connectivity index (χ1v) is 0. The summed E-state index contributed by atoms with van der Waals surface area (Å²) >= 11 is 0. The van der Waals surface area contributed by atoms with Gasteiger partial charge in [0.05, 0.1) is 0 Å². The summed E-state index contributed by atoms with van der Waals surface area (Å²) in [6.07, 6.45) is 0. The van der Waals surface area contributed by atoms with Crippen LogP contribution in [0.2, 0.25) is 0 Å². The Hall–Kier alpha value is 2.34. The number of rotatable bonds is 0. The van der Waals surface area contributed by atoms with Gasteiger partial charge < -0.3 is 0 Å². The molecule has 0 rings (SSSR count). The molecule has 0 bridgehead atoms. The predicted molar refractivity (Wildman–Crippen MR) is 53.8 cm³/mol. The van der Waals surface area contributed by atoms with E-state index in [2.05, 4.69) is 0 Å². The summed E-state index contributed by atoms with van der Waals surface area (Å²) < 4.78 is 0. The SMILES string of the molecule is C.C.C.C.C.C.C.C.[V].[V].[V].[V]. The van der Waals surface area contributed by atoms with Gasteiger partial charge in [-0.3, -0.25) is 0 Å². The molecule has 0 atom stereocenters. The molecule has 0 aromatic carbocycles. The van der Waals surface area contributed by atoms with Crippen molar-refractivity contribution >= 4 is 0 Å². The van der Waals surface area contributed by atoms with Gasteiger partial charge in [0.2, 0.25) is 0 Å². The van der Waals surface area contributed by atoms with E-state index in [9.17, 15) is 0 Å². The van der Waals surface area contributed by atoms with Crippen LogP contribution in [0.15, 0.2) is 0 Å². The molecule has 0 aliphatic heterocycles. The minimum Gasteiger partial charge on any atom is -0.0776 e. The molecule has 0 aromatic rings. The van der Waals surface area contributed by atoms with E-state index in [4.69, 9.17) is 0 Å². The van der Waals surface area contributed by atoms with Gasteiger partial charge in [-0.2, -0.15) is 0 Å². The molecule has 0 saturated heterocycles. The van der Waals surface area contributed by atoms with Crippen LogP contribution in [0.25, 0.3) is 0 Å². The monoisotopic (exact) mass is 332 g/mol. The van der Waals surface area contributed by atoms with Crippen LogP contribution in [0.4, 0.5) is 0 Å². The quantitative estimate of drug-likeness (QED) is 0.580. The van der Waals surface area contributed by atoms with Gasteiger partial charge in [0, 0.05) is 74.2 Å². The summed E-state index contributed by atoms with van der Waals surface area (Å²) in [6, 6.07) is 0. The third-order valence-electron chi connectivity index (χ3n) is 0. The van der Waals surface area contributed by atoms with Crippen molar-refractivity contribution in [2.45, 2.75) is 59.4 Å². The Morgan fingerprint density at radius 3 is 0.167 bits per heavy atom. The molecule has 0 unspecified atom stereocenters. The molecule has 0 amide bonds. The minimum atomic E-state index is 0. The fraction of sp³-hybridized carbons (Fsp3) is 1.00. The Morgan fingerprint density at radius 2 is 0.167 bits per heavy atom. The van der Waals surface area contributed by atoms with Crippen molar-refractivity contribution in [3.63, 3.8) is 0 Å². The second-order valence-electron chi connectivity index (χ2n) is 0. The summed E-state index contributed by atoms with van der Waals surface area (Å²) in [4.78, 5) is 0. The van der Waals surface area contributed by atoms with Gasteiger partial charge >= 0.3 is 0 Å². The van der Waals surface area contributed by atoms with Crippen molar-refractivity contribution in [3.05, 3.63) is 0 Å². The molecular formula is C8H32V4. The summed E-state index contributed by atoms with van der Waals surface area (Å²) in [5.74, 6) is 0. The van der Waals surface area contributed by atoms with Crippen molar-refractivity contribution in [2.75, 3.05) is 0 Å². The first kappa shape index (κ1) is 467. The third-order valence-corrected chi connectivity index (χ3v) is 0. The molecular weight excluding hydrogens is 300 g/mol. The van der Waals surface area contributed by atoms with E-state index < -0.39 is 0 Å². The molecule has 12 heavy (non-hydrogen) atoms. The van der Waals surface area contributed by atoms with Crippen LogP contribution in [0.3, 0.4) is 0 Å². The molecule has 84 valence electrons. The van der Waals surface area contributed by atoms with Gasteiger partial charge in [0.25, 0.3) is 0 Å². The van der Waals surface area contributed by atoms with Crippen LogP contribution >= 0.6 is 0 Å². The molecule has 0 aliphatic carbocycles. The normalized spacial score (nSPS) is 0. The van der Waals surface area contributed by atoms with Gasteiger partial charge in [-0.05, 0) is 0 Å². The maximum atomic E-state index is 0. The first-order valence-electron chi connectivity index (χ1n) is 0.